The molecule has 4 nitrogen and oxygen atoms in total. The first-order valence-electron chi connectivity index (χ1n) is 5.02. The third-order valence-electron chi connectivity index (χ3n) is 2.24. The van der Waals surface area contributed by atoms with Crippen molar-refractivity contribution >= 4 is 17.2 Å². The van der Waals surface area contributed by atoms with Crippen LogP contribution >= 0.6 is 0 Å². The van der Waals surface area contributed by atoms with Gasteiger partial charge in [-0.15, -0.1) is 0 Å². The molecule has 0 aliphatic carbocycles. The molecule has 0 saturated heterocycles. The summed E-state index contributed by atoms with van der Waals surface area (Å²) in [6, 6.07) is 4.53. The Morgan fingerprint density at radius 2 is 2.18 bits per heavy atom. The Labute approximate surface area is 97.4 Å². The highest BCUT2D eigenvalue weighted by Crippen LogP contribution is 2.18. The van der Waals surface area contributed by atoms with Gasteiger partial charge in [0.05, 0.1) is 0 Å². The van der Waals surface area contributed by atoms with Gasteiger partial charge in [-0.2, -0.15) is 0 Å². The maximum absolute atomic E-state index is 12.0. The summed E-state index contributed by atoms with van der Waals surface area (Å²) >= 11 is 0. The summed E-state index contributed by atoms with van der Waals surface area (Å²) in [5.74, 6) is -0.208. The Balaban J connectivity index is 2.73. The molecule has 1 rings (SSSR count). The SMILES string of the molecule is CC(=O)c1cc(NCC(O)C(F)F)ccc1N. The van der Waals surface area contributed by atoms with Crippen molar-refractivity contribution in [3.63, 3.8) is 0 Å². The van der Waals surface area contributed by atoms with Gasteiger partial charge in [-0.1, -0.05) is 0 Å². The van der Waals surface area contributed by atoms with E-state index in [1.54, 1.807) is 6.07 Å². The number of aliphatic hydroxyl groups excluding tert-OH is 1. The molecule has 0 bridgehead atoms. The van der Waals surface area contributed by atoms with E-state index in [1.807, 2.05) is 0 Å². The maximum atomic E-state index is 12.0. The van der Waals surface area contributed by atoms with Gasteiger partial charge in [0.1, 0.15) is 6.10 Å². The summed E-state index contributed by atoms with van der Waals surface area (Å²) in [4.78, 5) is 11.2. The number of aliphatic hydroxyl groups is 1. The molecule has 94 valence electrons. The van der Waals surface area contributed by atoms with Crippen molar-refractivity contribution < 1.29 is 18.7 Å². The molecule has 4 N–H and O–H groups in total. The Morgan fingerprint density at radius 3 is 2.71 bits per heavy atom. The molecule has 0 heterocycles. The van der Waals surface area contributed by atoms with Crippen molar-refractivity contribution in [2.45, 2.75) is 19.5 Å². The predicted octanol–water partition coefficient (Wildman–Crippen LogP) is 1.51. The van der Waals surface area contributed by atoms with E-state index in [-0.39, 0.29) is 12.3 Å². The van der Waals surface area contributed by atoms with Crippen molar-refractivity contribution in [1.29, 1.82) is 0 Å². The van der Waals surface area contributed by atoms with Crippen molar-refractivity contribution in [2.24, 2.45) is 0 Å². The molecule has 0 aliphatic rings. The minimum atomic E-state index is -2.80. The van der Waals surface area contributed by atoms with E-state index in [0.717, 1.165) is 0 Å². The normalized spacial score (nSPS) is 12.5. The van der Waals surface area contributed by atoms with Crippen LogP contribution < -0.4 is 11.1 Å². The average molecular weight is 244 g/mol. The number of carbonyl (C=O) groups excluding carboxylic acids is 1. The molecule has 1 aromatic rings. The quantitative estimate of drug-likeness (QED) is 0.542. The van der Waals surface area contributed by atoms with Crippen molar-refractivity contribution in [3.05, 3.63) is 23.8 Å². The molecule has 0 aromatic heterocycles. The number of alkyl halides is 2. The Kier molecular flexibility index (Phi) is 4.39. The zero-order valence-corrected chi connectivity index (χ0v) is 9.28. The summed E-state index contributed by atoms with van der Waals surface area (Å²) in [7, 11) is 0. The Morgan fingerprint density at radius 1 is 1.53 bits per heavy atom. The number of nitrogens with one attached hydrogen (secondary N) is 1. The van der Waals surface area contributed by atoms with E-state index in [1.165, 1.54) is 19.1 Å². The van der Waals surface area contributed by atoms with E-state index in [4.69, 9.17) is 10.8 Å². The van der Waals surface area contributed by atoms with E-state index < -0.39 is 12.5 Å². The molecule has 0 aliphatic heterocycles. The molecule has 17 heavy (non-hydrogen) atoms. The van der Waals surface area contributed by atoms with Gasteiger partial charge in [0, 0.05) is 23.5 Å². The second-order valence-electron chi connectivity index (χ2n) is 3.64. The van der Waals surface area contributed by atoms with E-state index >= 15 is 0 Å². The fourth-order valence-electron chi connectivity index (χ4n) is 1.28. The number of hydrogen-bond donors (Lipinski definition) is 3. The first-order chi connectivity index (χ1) is 7.91. The molecule has 0 radical (unpaired) electrons. The van der Waals surface area contributed by atoms with Gasteiger partial charge in [0.15, 0.2) is 5.78 Å². The van der Waals surface area contributed by atoms with Crippen LogP contribution in [0.5, 0.6) is 0 Å². The Bertz CT molecular complexity index is 410. The molecule has 0 saturated carbocycles. The van der Waals surface area contributed by atoms with Crippen LogP contribution in [0.2, 0.25) is 0 Å². The van der Waals surface area contributed by atoms with Crippen molar-refractivity contribution in [2.75, 3.05) is 17.6 Å². The van der Waals surface area contributed by atoms with E-state index in [0.29, 0.717) is 16.9 Å². The first kappa shape index (κ1) is 13.4. The number of carbonyl (C=O) groups is 1. The van der Waals surface area contributed by atoms with E-state index in [9.17, 15) is 13.6 Å². The third kappa shape index (κ3) is 3.67. The molecule has 6 heteroatoms. The Hall–Kier alpha value is -1.69. The number of halogens is 2. The van der Waals surface area contributed by atoms with Crippen LogP contribution in [-0.2, 0) is 0 Å². The minimum Gasteiger partial charge on any atom is -0.398 e. The van der Waals surface area contributed by atoms with Crippen LogP contribution in [0.1, 0.15) is 17.3 Å². The van der Waals surface area contributed by atoms with Crippen molar-refractivity contribution in [1.82, 2.24) is 0 Å². The minimum absolute atomic E-state index is 0.208. The fraction of sp³-hybridized carbons (Fsp3) is 0.364. The van der Waals surface area contributed by atoms with Gasteiger partial charge in [-0.05, 0) is 25.1 Å². The summed E-state index contributed by atoms with van der Waals surface area (Å²) in [5.41, 5.74) is 6.69. The summed E-state index contributed by atoms with van der Waals surface area (Å²) in [5, 5.41) is 11.5. The molecule has 0 fully saturated rings. The monoisotopic (exact) mass is 244 g/mol. The molecule has 0 spiro atoms. The fourth-order valence-corrected chi connectivity index (χ4v) is 1.28. The van der Waals surface area contributed by atoms with Gasteiger partial charge >= 0.3 is 0 Å². The van der Waals surface area contributed by atoms with Crippen LogP contribution in [0.25, 0.3) is 0 Å². The topological polar surface area (TPSA) is 75.3 Å². The zero-order valence-electron chi connectivity index (χ0n) is 9.28. The number of benzene rings is 1. The van der Waals surface area contributed by atoms with Crippen LogP contribution in [0.4, 0.5) is 20.2 Å². The number of nitrogens with two attached hydrogens (primary N) is 1. The van der Waals surface area contributed by atoms with Gasteiger partial charge in [-0.3, -0.25) is 4.79 Å². The summed E-state index contributed by atoms with van der Waals surface area (Å²) < 4.78 is 24.1. The third-order valence-corrected chi connectivity index (χ3v) is 2.24. The van der Waals surface area contributed by atoms with Crippen LogP contribution in [0.15, 0.2) is 18.2 Å². The number of rotatable bonds is 5. The standard InChI is InChI=1S/C11H14F2N2O2/c1-6(16)8-4-7(2-3-9(8)14)15-5-10(17)11(12)13/h2-4,10-11,15,17H,5,14H2,1H3. The highest BCUT2D eigenvalue weighted by atomic mass is 19.3. The number of hydrogen-bond acceptors (Lipinski definition) is 4. The second kappa shape index (κ2) is 5.58. The number of Topliss-reactive ketones (excluding diaryl/α,β-unsaturated/α-hetero) is 1. The highest BCUT2D eigenvalue weighted by Gasteiger charge is 2.16. The van der Waals surface area contributed by atoms with Crippen LogP contribution in [-0.4, -0.2) is 30.0 Å². The lowest BCUT2D eigenvalue weighted by Crippen LogP contribution is -2.26. The summed E-state index contributed by atoms with van der Waals surface area (Å²) in [6.45, 7) is 1.07. The smallest absolute Gasteiger partial charge is 0.265 e. The number of nitrogen functional groups attached to an aromatic ring is 1. The first-order valence-corrected chi connectivity index (χ1v) is 5.02. The van der Waals surface area contributed by atoms with Crippen LogP contribution in [0.3, 0.4) is 0 Å². The molecular weight excluding hydrogens is 230 g/mol. The number of ketones is 1. The molecule has 1 unspecified atom stereocenters. The predicted molar refractivity (Wildman–Crippen MR) is 61.4 cm³/mol. The van der Waals surface area contributed by atoms with E-state index in [2.05, 4.69) is 5.32 Å². The number of anilines is 2. The maximum Gasteiger partial charge on any atom is 0.265 e. The molecule has 1 aromatic carbocycles. The lowest BCUT2D eigenvalue weighted by Gasteiger charge is -2.13. The van der Waals surface area contributed by atoms with Gasteiger partial charge in [0.25, 0.3) is 6.43 Å². The lowest BCUT2D eigenvalue weighted by atomic mass is 10.1. The molecule has 0 amide bonds. The van der Waals surface area contributed by atoms with Crippen LogP contribution in [0, 0.1) is 0 Å². The lowest BCUT2D eigenvalue weighted by molar-refractivity contribution is 0.00384. The largest absolute Gasteiger partial charge is 0.398 e. The second-order valence-corrected chi connectivity index (χ2v) is 3.64. The van der Waals surface area contributed by atoms with Gasteiger partial charge in [0.2, 0.25) is 0 Å². The summed E-state index contributed by atoms with van der Waals surface area (Å²) in [6.07, 6.45) is -4.54. The molecule has 1 atom stereocenters. The average Bonchev–Trinajstić information content (AvgIpc) is 2.26. The van der Waals surface area contributed by atoms with Gasteiger partial charge < -0.3 is 16.2 Å². The highest BCUT2D eigenvalue weighted by molar-refractivity contribution is 5.99. The molecular formula is C11H14F2N2O2. The van der Waals surface area contributed by atoms with Gasteiger partial charge in [-0.25, -0.2) is 8.78 Å². The zero-order chi connectivity index (χ0) is 13.0. The van der Waals surface area contributed by atoms with Crippen molar-refractivity contribution in [3.8, 4) is 0 Å².